The third kappa shape index (κ3) is 3.41. The zero-order valence-corrected chi connectivity index (χ0v) is 18.7. The van der Waals surface area contributed by atoms with Crippen LogP contribution < -0.4 is 4.90 Å². The first kappa shape index (κ1) is 22.8. The van der Waals surface area contributed by atoms with E-state index < -0.39 is 35.6 Å². The van der Waals surface area contributed by atoms with E-state index in [-0.39, 0.29) is 38.1 Å². The molecule has 4 rings (SSSR count). The van der Waals surface area contributed by atoms with Gasteiger partial charge in [-0.05, 0) is 44.0 Å². The lowest BCUT2D eigenvalue weighted by Crippen LogP contribution is -2.56. The quantitative estimate of drug-likeness (QED) is 0.467. The van der Waals surface area contributed by atoms with Gasteiger partial charge in [0, 0.05) is 23.8 Å². The van der Waals surface area contributed by atoms with E-state index in [1.807, 2.05) is 0 Å². The van der Waals surface area contributed by atoms with Crippen molar-refractivity contribution in [3.8, 4) is 0 Å². The van der Waals surface area contributed by atoms with Crippen LogP contribution in [-0.2, 0) is 23.9 Å². The molecule has 5 atom stereocenters. The molecule has 2 amide bonds. The van der Waals surface area contributed by atoms with Crippen LogP contribution in [0.25, 0.3) is 0 Å². The van der Waals surface area contributed by atoms with E-state index in [1.54, 1.807) is 37.3 Å². The lowest BCUT2D eigenvalue weighted by atomic mass is 9.70. The molecule has 1 spiro atoms. The largest absolute Gasteiger partial charge is 0.466 e. The number of aliphatic hydroxyl groups excluding tert-OH is 1. The molecule has 3 heterocycles. The summed E-state index contributed by atoms with van der Waals surface area (Å²) < 4.78 is 11.5. The van der Waals surface area contributed by atoms with Gasteiger partial charge in [0.2, 0.25) is 5.91 Å². The fraction of sp³-hybridized carbons (Fsp3) is 0.522. The van der Waals surface area contributed by atoms with E-state index in [0.29, 0.717) is 23.6 Å². The van der Waals surface area contributed by atoms with Gasteiger partial charge in [-0.25, -0.2) is 0 Å². The highest BCUT2D eigenvalue weighted by molar-refractivity contribution is 6.30. The van der Waals surface area contributed by atoms with E-state index >= 15 is 0 Å². The summed E-state index contributed by atoms with van der Waals surface area (Å²) in [5, 5.41) is 10.2. The van der Waals surface area contributed by atoms with Crippen molar-refractivity contribution in [1.82, 2.24) is 4.90 Å². The molecule has 3 aliphatic heterocycles. The summed E-state index contributed by atoms with van der Waals surface area (Å²) in [4.78, 5) is 43.0. The highest BCUT2D eigenvalue weighted by Crippen LogP contribution is 2.58. The fourth-order valence-corrected chi connectivity index (χ4v) is 5.63. The summed E-state index contributed by atoms with van der Waals surface area (Å²) in [5.41, 5.74) is -0.526. The molecule has 32 heavy (non-hydrogen) atoms. The van der Waals surface area contributed by atoms with E-state index in [9.17, 15) is 19.5 Å². The van der Waals surface area contributed by atoms with Crippen LogP contribution in [0.15, 0.2) is 36.9 Å². The Labute approximate surface area is 191 Å². The number of nitrogens with zero attached hydrogens (tertiary/aromatic N) is 2. The number of esters is 1. The van der Waals surface area contributed by atoms with Crippen molar-refractivity contribution in [1.29, 1.82) is 0 Å². The summed E-state index contributed by atoms with van der Waals surface area (Å²) in [7, 11) is 0. The Bertz CT molecular complexity index is 922. The van der Waals surface area contributed by atoms with Gasteiger partial charge >= 0.3 is 5.97 Å². The number of anilines is 1. The number of likely N-dealkylation sites (tertiary alicyclic amines) is 1. The number of rotatable bonds is 8. The van der Waals surface area contributed by atoms with Gasteiger partial charge in [0.05, 0.1) is 31.2 Å². The van der Waals surface area contributed by atoms with Crippen LogP contribution >= 0.6 is 11.6 Å². The van der Waals surface area contributed by atoms with Crippen LogP contribution in [0.2, 0.25) is 5.02 Å². The molecule has 0 saturated carbocycles. The molecule has 1 aromatic carbocycles. The van der Waals surface area contributed by atoms with E-state index in [0.717, 1.165) is 0 Å². The maximum absolute atomic E-state index is 14.0. The molecule has 3 saturated heterocycles. The molecule has 9 heteroatoms. The Hall–Kier alpha value is -2.42. The number of hydrogen-bond donors (Lipinski definition) is 1. The third-order valence-electron chi connectivity index (χ3n) is 6.65. The summed E-state index contributed by atoms with van der Waals surface area (Å²) >= 11 is 6.01. The van der Waals surface area contributed by atoms with Crippen LogP contribution in [0.1, 0.15) is 19.8 Å². The fourth-order valence-electron chi connectivity index (χ4n) is 5.51. The van der Waals surface area contributed by atoms with Crippen molar-refractivity contribution < 1.29 is 29.0 Å². The second-order valence-corrected chi connectivity index (χ2v) is 8.71. The molecule has 0 aliphatic carbocycles. The Balaban J connectivity index is 1.75. The van der Waals surface area contributed by atoms with Crippen LogP contribution in [0.4, 0.5) is 5.69 Å². The monoisotopic (exact) mass is 462 g/mol. The molecule has 1 aromatic rings. The first-order valence-electron chi connectivity index (χ1n) is 10.8. The second kappa shape index (κ2) is 8.84. The van der Waals surface area contributed by atoms with Crippen molar-refractivity contribution in [3.05, 3.63) is 41.9 Å². The number of amides is 2. The van der Waals surface area contributed by atoms with Gasteiger partial charge in [0.1, 0.15) is 11.6 Å². The van der Waals surface area contributed by atoms with Crippen molar-refractivity contribution in [2.24, 2.45) is 11.8 Å². The minimum absolute atomic E-state index is 0.0282. The van der Waals surface area contributed by atoms with Gasteiger partial charge in [-0.1, -0.05) is 17.7 Å². The maximum Gasteiger partial charge on any atom is 0.312 e. The molecule has 0 unspecified atom stereocenters. The standard InChI is InChI=1S/C23H27ClN2O6/c1-3-11-25(15-7-5-14(24)6-8-15)21(29)19-23-10-9-16(32-23)17(22(30)31-4-2)18(23)20(28)26(19)12-13-27/h3,5-8,16-19,27H,1,4,9-13H2,2H3/t16-,17+,18+,19-,23+/m1/s1. The molecule has 0 aromatic heterocycles. The normalized spacial score (nSPS) is 30.3. The Morgan fingerprint density at radius 1 is 1.41 bits per heavy atom. The van der Waals surface area contributed by atoms with Gasteiger partial charge in [-0.3, -0.25) is 14.4 Å². The molecule has 8 nitrogen and oxygen atoms in total. The maximum atomic E-state index is 14.0. The van der Waals surface area contributed by atoms with Crippen molar-refractivity contribution in [2.45, 2.75) is 37.5 Å². The summed E-state index contributed by atoms with van der Waals surface area (Å²) in [6.07, 6.45) is 2.18. The van der Waals surface area contributed by atoms with Gasteiger partial charge in [0.15, 0.2) is 0 Å². The number of ether oxygens (including phenoxy) is 2. The lowest BCUT2D eigenvalue weighted by molar-refractivity contribution is -0.154. The van der Waals surface area contributed by atoms with Gasteiger partial charge in [0.25, 0.3) is 5.91 Å². The minimum Gasteiger partial charge on any atom is -0.466 e. The van der Waals surface area contributed by atoms with Crippen molar-refractivity contribution >= 4 is 35.1 Å². The van der Waals surface area contributed by atoms with Gasteiger partial charge in [-0.15, -0.1) is 6.58 Å². The first-order valence-corrected chi connectivity index (χ1v) is 11.2. The lowest BCUT2D eigenvalue weighted by Gasteiger charge is -2.36. The number of fused-ring (bicyclic) bond motifs is 1. The predicted octanol–water partition coefficient (Wildman–Crippen LogP) is 1.79. The van der Waals surface area contributed by atoms with Crippen LogP contribution in [0, 0.1) is 11.8 Å². The number of halogens is 1. The van der Waals surface area contributed by atoms with E-state index in [1.165, 1.54) is 9.80 Å². The zero-order valence-electron chi connectivity index (χ0n) is 17.9. The molecule has 0 radical (unpaired) electrons. The summed E-state index contributed by atoms with van der Waals surface area (Å²) in [6.45, 7) is 5.54. The van der Waals surface area contributed by atoms with Crippen molar-refractivity contribution in [2.75, 3.05) is 31.2 Å². The Morgan fingerprint density at radius 2 is 2.12 bits per heavy atom. The molecule has 3 fully saturated rings. The average molecular weight is 463 g/mol. The van der Waals surface area contributed by atoms with Crippen LogP contribution in [0.5, 0.6) is 0 Å². The number of β-amino-alcohol motifs (C(OH)–C–C–N with tert-alkyl or cyclic N) is 1. The highest BCUT2D eigenvalue weighted by Gasteiger charge is 2.75. The van der Waals surface area contributed by atoms with Crippen LogP contribution in [-0.4, -0.2) is 71.8 Å². The SMILES string of the molecule is C=CCN(C(=O)[C@H]1N(CCO)C(=O)[C@@H]2[C@@H](C(=O)OCC)[C@H]3CC[C@]21O3)c1ccc(Cl)cc1. The number of aliphatic hydroxyl groups is 1. The van der Waals surface area contributed by atoms with E-state index in [4.69, 9.17) is 21.1 Å². The number of carbonyl (C=O) groups excluding carboxylic acids is 3. The number of benzene rings is 1. The molecule has 3 aliphatic rings. The van der Waals surface area contributed by atoms with Crippen molar-refractivity contribution in [3.63, 3.8) is 0 Å². The average Bonchev–Trinajstić information content (AvgIpc) is 3.41. The number of carbonyl (C=O) groups is 3. The Morgan fingerprint density at radius 3 is 2.75 bits per heavy atom. The predicted molar refractivity (Wildman–Crippen MR) is 117 cm³/mol. The van der Waals surface area contributed by atoms with Gasteiger partial charge in [-0.2, -0.15) is 0 Å². The number of hydrogen-bond acceptors (Lipinski definition) is 6. The molecular formula is C23H27ClN2O6. The highest BCUT2D eigenvalue weighted by atomic mass is 35.5. The second-order valence-electron chi connectivity index (χ2n) is 8.28. The molecule has 1 N–H and O–H groups in total. The zero-order chi connectivity index (χ0) is 23.0. The van der Waals surface area contributed by atoms with Crippen LogP contribution in [0.3, 0.4) is 0 Å². The summed E-state index contributed by atoms with van der Waals surface area (Å²) in [5.74, 6) is -2.74. The topological polar surface area (TPSA) is 96.4 Å². The smallest absolute Gasteiger partial charge is 0.312 e. The molecule has 2 bridgehead atoms. The molecular weight excluding hydrogens is 436 g/mol. The first-order chi connectivity index (χ1) is 15.4. The third-order valence-corrected chi connectivity index (χ3v) is 6.90. The van der Waals surface area contributed by atoms with E-state index in [2.05, 4.69) is 6.58 Å². The minimum atomic E-state index is -1.13. The van der Waals surface area contributed by atoms with Gasteiger partial charge < -0.3 is 24.4 Å². The molecule has 172 valence electrons. The summed E-state index contributed by atoms with van der Waals surface area (Å²) in [6, 6.07) is 5.84. The Kier molecular flexibility index (Phi) is 6.29.